The van der Waals surface area contributed by atoms with Crippen molar-refractivity contribution in [2.75, 3.05) is 6.61 Å². The van der Waals surface area contributed by atoms with Crippen LogP contribution in [0.15, 0.2) is 24.3 Å². The van der Waals surface area contributed by atoms with Crippen molar-refractivity contribution in [3.63, 3.8) is 0 Å². The molecule has 0 aromatic heterocycles. The molecule has 0 radical (unpaired) electrons. The average Bonchev–Trinajstić information content (AvgIpc) is 2.25. The largest absolute Gasteiger partial charge is 0.493 e. The highest BCUT2D eigenvalue weighted by molar-refractivity contribution is 6.00. The maximum atomic E-state index is 12.1. The van der Waals surface area contributed by atoms with Gasteiger partial charge in [-0.3, -0.25) is 4.79 Å². The van der Waals surface area contributed by atoms with Crippen molar-refractivity contribution in [3.8, 4) is 5.75 Å². The zero-order chi connectivity index (χ0) is 13.1. The minimum atomic E-state index is -4.83. The zero-order valence-electron chi connectivity index (χ0n) is 9.54. The number of Topliss-reactive ketones (excluding diaryl/α,β-unsaturated/α-hetero) is 1. The van der Waals surface area contributed by atoms with Gasteiger partial charge in [-0.1, -0.05) is 13.8 Å². The second-order valence-electron chi connectivity index (χ2n) is 4.06. The lowest BCUT2D eigenvalue weighted by Crippen LogP contribution is -2.22. The van der Waals surface area contributed by atoms with Crippen molar-refractivity contribution < 1.29 is 22.7 Å². The van der Waals surface area contributed by atoms with Crippen LogP contribution in [0.2, 0.25) is 0 Å². The minimum absolute atomic E-state index is 0.325. The van der Waals surface area contributed by atoms with E-state index in [-0.39, 0.29) is 5.56 Å². The van der Waals surface area contributed by atoms with Crippen LogP contribution in [0.4, 0.5) is 13.2 Å². The van der Waals surface area contributed by atoms with Crippen LogP contribution in [0, 0.1) is 5.92 Å². The molecule has 5 heteroatoms. The Hall–Kier alpha value is -1.52. The first-order valence-corrected chi connectivity index (χ1v) is 5.15. The molecule has 0 saturated carbocycles. The molecular weight excluding hydrogens is 233 g/mol. The highest BCUT2D eigenvalue weighted by Gasteiger charge is 2.39. The normalized spacial score (nSPS) is 11.6. The van der Waals surface area contributed by atoms with E-state index in [1.54, 1.807) is 0 Å². The van der Waals surface area contributed by atoms with Gasteiger partial charge in [0.1, 0.15) is 5.75 Å². The summed E-state index contributed by atoms with van der Waals surface area (Å²) in [5.74, 6) is -1.06. The first-order valence-electron chi connectivity index (χ1n) is 5.15. The maximum absolute atomic E-state index is 12.1. The summed E-state index contributed by atoms with van der Waals surface area (Å²) in [7, 11) is 0. The third-order valence-corrected chi connectivity index (χ3v) is 1.96. The molecule has 0 heterocycles. The minimum Gasteiger partial charge on any atom is -0.493 e. The fraction of sp³-hybridized carbons (Fsp3) is 0.417. The Kier molecular flexibility index (Phi) is 4.15. The zero-order valence-corrected chi connectivity index (χ0v) is 9.54. The van der Waals surface area contributed by atoms with Gasteiger partial charge < -0.3 is 4.74 Å². The van der Waals surface area contributed by atoms with Gasteiger partial charge in [-0.05, 0) is 30.2 Å². The van der Waals surface area contributed by atoms with Crippen LogP contribution in [0.1, 0.15) is 24.2 Å². The third kappa shape index (κ3) is 4.09. The molecule has 0 saturated heterocycles. The van der Waals surface area contributed by atoms with Crippen LogP contribution in [-0.4, -0.2) is 18.6 Å². The van der Waals surface area contributed by atoms with Gasteiger partial charge in [0.2, 0.25) is 0 Å². The molecule has 1 aromatic carbocycles. The number of ether oxygens (including phenoxy) is 1. The number of alkyl halides is 3. The molecule has 0 aliphatic rings. The molecule has 0 fully saturated rings. The van der Waals surface area contributed by atoms with E-state index in [2.05, 4.69) is 0 Å². The predicted molar refractivity (Wildman–Crippen MR) is 57.2 cm³/mol. The van der Waals surface area contributed by atoms with Crippen molar-refractivity contribution in [1.82, 2.24) is 0 Å². The van der Waals surface area contributed by atoms with Gasteiger partial charge in [0.05, 0.1) is 6.61 Å². The van der Waals surface area contributed by atoms with Gasteiger partial charge in [0.15, 0.2) is 0 Å². The first-order chi connectivity index (χ1) is 7.80. The second-order valence-corrected chi connectivity index (χ2v) is 4.06. The van der Waals surface area contributed by atoms with E-state index in [9.17, 15) is 18.0 Å². The highest BCUT2D eigenvalue weighted by atomic mass is 19.4. The van der Waals surface area contributed by atoms with Gasteiger partial charge in [0.25, 0.3) is 5.78 Å². The van der Waals surface area contributed by atoms with E-state index in [1.165, 1.54) is 12.1 Å². The van der Waals surface area contributed by atoms with Crippen molar-refractivity contribution in [1.29, 1.82) is 0 Å². The molecule has 1 aromatic rings. The maximum Gasteiger partial charge on any atom is 0.454 e. The Balaban J connectivity index is 2.71. The molecule has 2 nitrogen and oxygen atoms in total. The monoisotopic (exact) mass is 246 g/mol. The Morgan fingerprint density at radius 2 is 1.76 bits per heavy atom. The van der Waals surface area contributed by atoms with Crippen LogP contribution in [0.5, 0.6) is 5.75 Å². The first kappa shape index (κ1) is 13.5. The molecule has 94 valence electrons. The third-order valence-electron chi connectivity index (χ3n) is 1.96. The van der Waals surface area contributed by atoms with E-state index >= 15 is 0 Å². The van der Waals surface area contributed by atoms with E-state index in [0.717, 1.165) is 12.1 Å². The van der Waals surface area contributed by atoms with E-state index < -0.39 is 12.0 Å². The van der Waals surface area contributed by atoms with E-state index in [4.69, 9.17) is 4.74 Å². The number of ketones is 1. The van der Waals surface area contributed by atoms with Crippen LogP contribution in [-0.2, 0) is 0 Å². The lowest BCUT2D eigenvalue weighted by molar-refractivity contribution is -0.0885. The molecule has 1 rings (SSSR count). The summed E-state index contributed by atoms with van der Waals surface area (Å²) in [6, 6.07) is 4.96. The Labute approximate surface area is 97.4 Å². The fourth-order valence-electron chi connectivity index (χ4n) is 1.13. The number of carbonyl (C=O) groups is 1. The van der Waals surface area contributed by atoms with E-state index in [0.29, 0.717) is 18.3 Å². The quantitative estimate of drug-likeness (QED) is 0.760. The molecule has 17 heavy (non-hydrogen) atoms. The SMILES string of the molecule is CC(C)COc1ccc(C(=O)C(F)(F)F)cc1. The highest BCUT2D eigenvalue weighted by Crippen LogP contribution is 2.23. The summed E-state index contributed by atoms with van der Waals surface area (Å²) in [5, 5.41) is 0. The molecule has 0 N–H and O–H groups in total. The van der Waals surface area contributed by atoms with Crippen molar-refractivity contribution in [2.24, 2.45) is 5.92 Å². The number of rotatable bonds is 4. The van der Waals surface area contributed by atoms with Crippen molar-refractivity contribution >= 4 is 5.78 Å². The molecule has 0 spiro atoms. The van der Waals surface area contributed by atoms with E-state index in [1.807, 2.05) is 13.8 Å². The number of carbonyl (C=O) groups excluding carboxylic acids is 1. The average molecular weight is 246 g/mol. The van der Waals surface area contributed by atoms with Gasteiger partial charge >= 0.3 is 6.18 Å². The van der Waals surface area contributed by atoms with Crippen molar-refractivity contribution in [2.45, 2.75) is 20.0 Å². The van der Waals surface area contributed by atoms with Crippen molar-refractivity contribution in [3.05, 3.63) is 29.8 Å². The van der Waals surface area contributed by atoms with Gasteiger partial charge in [0, 0.05) is 5.56 Å². The predicted octanol–water partition coefficient (Wildman–Crippen LogP) is 3.47. The summed E-state index contributed by atoms with van der Waals surface area (Å²) in [5.41, 5.74) is -0.380. The fourth-order valence-corrected chi connectivity index (χ4v) is 1.13. The standard InChI is InChI=1S/C12H13F3O2/c1-8(2)7-17-10-5-3-9(4-6-10)11(16)12(13,14)15/h3-6,8H,7H2,1-2H3. The Morgan fingerprint density at radius 1 is 1.24 bits per heavy atom. The summed E-state index contributed by atoms with van der Waals surface area (Å²) >= 11 is 0. The Morgan fingerprint density at radius 3 is 2.18 bits per heavy atom. The Bertz CT molecular complexity index is 380. The van der Waals surface area contributed by atoms with Crippen LogP contribution >= 0.6 is 0 Å². The van der Waals surface area contributed by atoms with Crippen LogP contribution in [0.3, 0.4) is 0 Å². The summed E-state index contributed by atoms with van der Waals surface area (Å²) < 4.78 is 41.6. The number of halogens is 3. The molecule has 0 amide bonds. The number of hydrogen-bond donors (Lipinski definition) is 0. The lowest BCUT2D eigenvalue weighted by Gasteiger charge is -2.09. The number of hydrogen-bond acceptors (Lipinski definition) is 2. The summed E-state index contributed by atoms with van der Waals surface area (Å²) in [6.45, 7) is 4.40. The molecular formula is C12H13F3O2. The molecule has 0 aliphatic heterocycles. The molecule has 0 atom stereocenters. The van der Waals surface area contributed by atoms with Gasteiger partial charge in [-0.15, -0.1) is 0 Å². The smallest absolute Gasteiger partial charge is 0.454 e. The molecule has 0 bridgehead atoms. The van der Waals surface area contributed by atoms with Crippen LogP contribution < -0.4 is 4.74 Å². The summed E-state index contributed by atoms with van der Waals surface area (Å²) in [4.78, 5) is 10.9. The van der Waals surface area contributed by atoms with Gasteiger partial charge in [-0.25, -0.2) is 0 Å². The molecule has 0 aliphatic carbocycles. The number of benzene rings is 1. The summed E-state index contributed by atoms with van der Waals surface area (Å²) in [6.07, 6.45) is -4.83. The second kappa shape index (κ2) is 5.21. The molecule has 0 unspecified atom stereocenters. The topological polar surface area (TPSA) is 26.3 Å². The van der Waals surface area contributed by atoms with Crippen LogP contribution in [0.25, 0.3) is 0 Å². The van der Waals surface area contributed by atoms with Gasteiger partial charge in [-0.2, -0.15) is 13.2 Å². The lowest BCUT2D eigenvalue weighted by atomic mass is 10.1.